The van der Waals surface area contributed by atoms with Gasteiger partial charge in [-0.15, -0.1) is 0 Å². The second-order valence-corrected chi connectivity index (χ2v) is 5.11. The number of para-hydroxylation sites is 1. The predicted molar refractivity (Wildman–Crippen MR) is 93.7 cm³/mol. The van der Waals surface area contributed by atoms with Crippen LogP contribution in [0.1, 0.15) is 0 Å². The summed E-state index contributed by atoms with van der Waals surface area (Å²) in [5.74, 6) is 0. The Balaban J connectivity index is 0.000000354. The van der Waals surface area contributed by atoms with Gasteiger partial charge in [-0.1, -0.05) is 60.7 Å². The van der Waals surface area contributed by atoms with Gasteiger partial charge in [0.1, 0.15) is 0 Å². The first-order valence-electron chi connectivity index (χ1n) is 7.26. The number of rotatable bonds is 1. The molecule has 4 rings (SSSR count). The third-order valence-electron chi connectivity index (χ3n) is 3.61. The Morgan fingerprint density at radius 2 is 1.26 bits per heavy atom. The van der Waals surface area contributed by atoms with E-state index >= 15 is 0 Å². The molecule has 1 heterocycles. The SMILES string of the molecule is OB(O)O.c1ccc(-c2cccc3[nH]c4ccccc4c23)cc1. The lowest BCUT2D eigenvalue weighted by molar-refractivity contribution is 0.278. The van der Waals surface area contributed by atoms with Crippen molar-refractivity contribution in [3.05, 3.63) is 72.8 Å². The molecular weight excluding hydrogens is 289 g/mol. The Morgan fingerprint density at radius 3 is 2.00 bits per heavy atom. The summed E-state index contributed by atoms with van der Waals surface area (Å²) in [5, 5.41) is 24.1. The van der Waals surface area contributed by atoms with Crippen LogP contribution in [0.5, 0.6) is 0 Å². The molecule has 0 amide bonds. The molecule has 0 bridgehead atoms. The maximum atomic E-state index is 7.17. The topological polar surface area (TPSA) is 76.5 Å². The van der Waals surface area contributed by atoms with Crippen molar-refractivity contribution in [1.82, 2.24) is 4.98 Å². The van der Waals surface area contributed by atoms with Gasteiger partial charge in [0.05, 0.1) is 0 Å². The molecular formula is C18H16BNO3. The van der Waals surface area contributed by atoms with E-state index in [9.17, 15) is 0 Å². The second kappa shape index (κ2) is 6.66. The summed E-state index contributed by atoms with van der Waals surface area (Å²) >= 11 is 0. The fourth-order valence-corrected chi connectivity index (χ4v) is 2.76. The van der Waals surface area contributed by atoms with E-state index in [1.54, 1.807) is 0 Å². The summed E-state index contributed by atoms with van der Waals surface area (Å²) in [4.78, 5) is 3.49. The number of benzene rings is 3. The van der Waals surface area contributed by atoms with Gasteiger partial charge in [-0.3, -0.25) is 0 Å². The molecule has 0 aliphatic rings. The molecule has 4 aromatic rings. The van der Waals surface area contributed by atoms with Gasteiger partial charge in [-0.2, -0.15) is 0 Å². The average molecular weight is 305 g/mol. The molecule has 3 aromatic carbocycles. The molecule has 0 unspecified atom stereocenters. The summed E-state index contributed by atoms with van der Waals surface area (Å²) in [7, 11) is -2.17. The fourth-order valence-electron chi connectivity index (χ4n) is 2.76. The molecule has 4 N–H and O–H groups in total. The average Bonchev–Trinajstić information content (AvgIpc) is 2.94. The van der Waals surface area contributed by atoms with Crippen molar-refractivity contribution in [1.29, 1.82) is 0 Å². The van der Waals surface area contributed by atoms with Gasteiger partial charge in [0, 0.05) is 21.8 Å². The zero-order valence-electron chi connectivity index (χ0n) is 12.3. The first kappa shape index (κ1) is 15.3. The molecule has 5 heteroatoms. The Hall–Kier alpha value is -2.60. The molecule has 0 saturated carbocycles. The number of fused-ring (bicyclic) bond motifs is 3. The van der Waals surface area contributed by atoms with Crippen molar-refractivity contribution in [3.8, 4) is 11.1 Å². The summed E-state index contributed by atoms with van der Waals surface area (Å²) in [6.45, 7) is 0. The summed E-state index contributed by atoms with van der Waals surface area (Å²) < 4.78 is 0. The minimum absolute atomic E-state index is 1.20. The minimum Gasteiger partial charge on any atom is -0.402 e. The molecule has 0 atom stereocenters. The van der Waals surface area contributed by atoms with Crippen molar-refractivity contribution >= 4 is 29.1 Å². The van der Waals surface area contributed by atoms with Crippen LogP contribution in [0.25, 0.3) is 32.9 Å². The lowest BCUT2D eigenvalue weighted by atomic mass is 10.00. The highest BCUT2D eigenvalue weighted by molar-refractivity contribution is 6.30. The third kappa shape index (κ3) is 3.27. The van der Waals surface area contributed by atoms with Crippen LogP contribution in [0, 0.1) is 0 Å². The van der Waals surface area contributed by atoms with E-state index in [2.05, 4.69) is 77.8 Å². The predicted octanol–water partition coefficient (Wildman–Crippen LogP) is 2.94. The van der Waals surface area contributed by atoms with Crippen LogP contribution in [-0.4, -0.2) is 27.4 Å². The number of nitrogens with one attached hydrogen (secondary N) is 1. The highest BCUT2D eigenvalue weighted by Gasteiger charge is 2.08. The molecule has 114 valence electrons. The minimum atomic E-state index is -2.17. The first-order chi connectivity index (χ1) is 11.2. The van der Waals surface area contributed by atoms with E-state index in [1.165, 1.54) is 32.9 Å². The zero-order valence-corrected chi connectivity index (χ0v) is 12.3. The molecule has 0 saturated heterocycles. The van der Waals surface area contributed by atoms with Crippen molar-refractivity contribution in [2.75, 3.05) is 0 Å². The van der Waals surface area contributed by atoms with Crippen LogP contribution in [0.2, 0.25) is 0 Å². The van der Waals surface area contributed by atoms with Crippen LogP contribution < -0.4 is 0 Å². The van der Waals surface area contributed by atoms with E-state index in [-0.39, 0.29) is 0 Å². The number of aromatic nitrogens is 1. The third-order valence-corrected chi connectivity index (χ3v) is 3.61. The van der Waals surface area contributed by atoms with E-state index in [4.69, 9.17) is 15.1 Å². The number of H-pyrrole nitrogens is 1. The summed E-state index contributed by atoms with van der Waals surface area (Å²) in [5.41, 5.74) is 4.94. The monoisotopic (exact) mass is 305 g/mol. The van der Waals surface area contributed by atoms with Crippen LogP contribution in [0.3, 0.4) is 0 Å². The van der Waals surface area contributed by atoms with E-state index in [1.807, 2.05) is 0 Å². The Morgan fingerprint density at radius 1 is 0.652 bits per heavy atom. The lowest BCUT2D eigenvalue weighted by Crippen LogP contribution is -2.07. The largest absolute Gasteiger partial charge is 0.631 e. The molecule has 0 fully saturated rings. The molecule has 1 aromatic heterocycles. The first-order valence-corrected chi connectivity index (χ1v) is 7.26. The Bertz CT molecular complexity index is 917. The van der Waals surface area contributed by atoms with Crippen molar-refractivity contribution < 1.29 is 15.1 Å². The number of hydrogen-bond donors (Lipinski definition) is 4. The fraction of sp³-hybridized carbons (Fsp3) is 0. The summed E-state index contributed by atoms with van der Waals surface area (Å²) in [6, 6.07) is 25.5. The van der Waals surface area contributed by atoms with Crippen molar-refractivity contribution in [2.24, 2.45) is 0 Å². The maximum absolute atomic E-state index is 7.17. The normalized spacial score (nSPS) is 10.4. The van der Waals surface area contributed by atoms with Gasteiger partial charge in [0.15, 0.2) is 0 Å². The van der Waals surface area contributed by atoms with Gasteiger partial charge in [-0.05, 0) is 23.3 Å². The standard InChI is InChI=1S/C18H13N.BH3O3/c1-2-7-13(8-3-1)14-10-6-12-17-18(14)15-9-4-5-11-16(15)19-17;2-1(3)4/h1-12,19H;2-4H. The molecule has 0 spiro atoms. The van der Waals surface area contributed by atoms with Crippen molar-refractivity contribution in [3.63, 3.8) is 0 Å². The Labute approximate surface area is 133 Å². The van der Waals surface area contributed by atoms with Gasteiger partial charge < -0.3 is 20.1 Å². The second-order valence-electron chi connectivity index (χ2n) is 5.11. The quantitative estimate of drug-likeness (QED) is 0.408. The molecule has 23 heavy (non-hydrogen) atoms. The van der Waals surface area contributed by atoms with Gasteiger partial charge in [0.2, 0.25) is 0 Å². The maximum Gasteiger partial charge on any atom is 0.631 e. The molecule has 0 aliphatic heterocycles. The lowest BCUT2D eigenvalue weighted by Gasteiger charge is -2.04. The summed E-state index contributed by atoms with van der Waals surface area (Å²) in [6.07, 6.45) is 0. The van der Waals surface area contributed by atoms with Gasteiger partial charge in [-0.25, -0.2) is 0 Å². The van der Waals surface area contributed by atoms with E-state index in [0.717, 1.165) is 0 Å². The highest BCUT2D eigenvalue weighted by Crippen LogP contribution is 2.34. The van der Waals surface area contributed by atoms with Crippen molar-refractivity contribution in [2.45, 2.75) is 0 Å². The van der Waals surface area contributed by atoms with Crippen LogP contribution in [0.15, 0.2) is 72.8 Å². The van der Waals surface area contributed by atoms with E-state index in [0.29, 0.717) is 0 Å². The number of aromatic amines is 1. The van der Waals surface area contributed by atoms with Gasteiger partial charge >= 0.3 is 7.32 Å². The van der Waals surface area contributed by atoms with Crippen LogP contribution in [0.4, 0.5) is 0 Å². The molecule has 0 aliphatic carbocycles. The van der Waals surface area contributed by atoms with E-state index < -0.39 is 7.32 Å². The zero-order chi connectivity index (χ0) is 16.2. The Kier molecular flexibility index (Phi) is 4.44. The highest BCUT2D eigenvalue weighted by atomic mass is 16.5. The molecule has 4 nitrogen and oxygen atoms in total. The van der Waals surface area contributed by atoms with Crippen LogP contribution in [-0.2, 0) is 0 Å². The van der Waals surface area contributed by atoms with Gasteiger partial charge in [0.25, 0.3) is 0 Å². The van der Waals surface area contributed by atoms with Crippen LogP contribution >= 0.6 is 0 Å². The number of hydrogen-bond acceptors (Lipinski definition) is 3. The molecule has 0 radical (unpaired) electrons. The smallest absolute Gasteiger partial charge is 0.402 e.